The molecule has 1 saturated heterocycles. The number of hydrogen-bond acceptors (Lipinski definition) is 5. The van der Waals surface area contributed by atoms with E-state index < -0.39 is 18.4 Å². The summed E-state index contributed by atoms with van der Waals surface area (Å²) in [4.78, 5) is 11.9. The van der Waals surface area contributed by atoms with Gasteiger partial charge >= 0.3 is 5.97 Å². The van der Waals surface area contributed by atoms with E-state index in [4.69, 9.17) is 19.3 Å². The first-order valence-corrected chi connectivity index (χ1v) is 5.79. The summed E-state index contributed by atoms with van der Waals surface area (Å²) in [5.74, 6) is -0.412. The molecule has 98 valence electrons. The molecule has 3 atom stereocenters. The van der Waals surface area contributed by atoms with Crippen LogP contribution in [0, 0.1) is 0 Å². The molecule has 0 radical (unpaired) electrons. The highest BCUT2D eigenvalue weighted by Crippen LogP contribution is 2.24. The third-order valence-corrected chi connectivity index (χ3v) is 2.83. The molecule has 1 N–H and O–H groups in total. The molecule has 1 fully saturated rings. The van der Waals surface area contributed by atoms with Gasteiger partial charge in [0.05, 0.1) is 18.3 Å². The highest BCUT2D eigenvalue weighted by molar-refractivity contribution is 5.89. The Morgan fingerprint density at radius 1 is 1.44 bits per heavy atom. The van der Waals surface area contributed by atoms with Gasteiger partial charge in [-0.2, -0.15) is 0 Å². The minimum absolute atomic E-state index is 0.112. The van der Waals surface area contributed by atoms with E-state index in [-0.39, 0.29) is 12.7 Å². The predicted octanol–water partition coefficient (Wildman–Crippen LogP) is 0.966. The van der Waals surface area contributed by atoms with Crippen molar-refractivity contribution in [3.8, 4) is 0 Å². The molecular weight excluding hydrogens is 236 g/mol. The van der Waals surface area contributed by atoms with Crippen molar-refractivity contribution in [3.63, 3.8) is 0 Å². The first-order valence-electron chi connectivity index (χ1n) is 5.79. The number of carbonyl (C=O) groups excluding carboxylic acids is 1. The first kappa shape index (κ1) is 13.0. The van der Waals surface area contributed by atoms with Crippen molar-refractivity contribution in [3.05, 3.63) is 35.9 Å². The number of esters is 1. The fraction of sp³-hybridized carbons (Fsp3) is 0.462. The van der Waals surface area contributed by atoms with Crippen LogP contribution in [-0.2, 0) is 14.2 Å². The maximum absolute atomic E-state index is 11.9. The lowest BCUT2D eigenvalue weighted by Crippen LogP contribution is -2.28. The minimum Gasteiger partial charge on any atom is -0.453 e. The number of aliphatic hydroxyl groups excluding tert-OH is 1. The number of hydrogen-bond donors (Lipinski definition) is 1. The van der Waals surface area contributed by atoms with Gasteiger partial charge in [0.15, 0.2) is 12.4 Å². The van der Waals surface area contributed by atoms with Crippen LogP contribution >= 0.6 is 0 Å². The van der Waals surface area contributed by atoms with E-state index in [1.54, 1.807) is 24.3 Å². The van der Waals surface area contributed by atoms with E-state index in [2.05, 4.69) is 0 Å². The lowest BCUT2D eigenvalue weighted by molar-refractivity contribution is -0.154. The summed E-state index contributed by atoms with van der Waals surface area (Å²) in [5, 5.41) is 9.03. The Bertz CT molecular complexity index is 392. The predicted molar refractivity (Wildman–Crippen MR) is 63.0 cm³/mol. The fourth-order valence-corrected chi connectivity index (χ4v) is 1.91. The summed E-state index contributed by atoms with van der Waals surface area (Å²) in [6.45, 7) is -0.112. The molecule has 0 saturated carbocycles. The van der Waals surface area contributed by atoms with Crippen molar-refractivity contribution in [2.24, 2.45) is 0 Å². The summed E-state index contributed by atoms with van der Waals surface area (Å²) in [6, 6.07) is 8.74. The minimum atomic E-state index is -0.616. The normalized spacial score (nSPS) is 27.1. The van der Waals surface area contributed by atoms with Crippen molar-refractivity contribution < 1.29 is 24.1 Å². The Hall–Kier alpha value is -1.43. The zero-order valence-corrected chi connectivity index (χ0v) is 10.1. The van der Waals surface area contributed by atoms with Gasteiger partial charge in [-0.15, -0.1) is 0 Å². The molecule has 0 spiro atoms. The molecule has 1 aliphatic heterocycles. The molecule has 0 unspecified atom stereocenters. The Kier molecular flexibility index (Phi) is 4.30. The van der Waals surface area contributed by atoms with Crippen molar-refractivity contribution in [1.82, 2.24) is 0 Å². The second-order valence-electron chi connectivity index (χ2n) is 4.09. The molecule has 1 aromatic rings. The number of carbonyl (C=O) groups is 1. The van der Waals surface area contributed by atoms with E-state index in [0.717, 1.165) is 0 Å². The molecule has 18 heavy (non-hydrogen) atoms. The quantitative estimate of drug-likeness (QED) is 0.809. The maximum Gasteiger partial charge on any atom is 0.338 e. The maximum atomic E-state index is 11.9. The first-order chi connectivity index (χ1) is 8.74. The average molecular weight is 252 g/mol. The Morgan fingerprint density at radius 3 is 2.78 bits per heavy atom. The Morgan fingerprint density at radius 2 is 2.17 bits per heavy atom. The lowest BCUT2D eigenvalue weighted by Gasteiger charge is -2.17. The third kappa shape index (κ3) is 2.87. The third-order valence-electron chi connectivity index (χ3n) is 2.83. The molecule has 0 aliphatic carbocycles. The molecule has 2 rings (SSSR count). The van der Waals surface area contributed by atoms with Crippen LogP contribution in [0.4, 0.5) is 0 Å². The van der Waals surface area contributed by atoms with E-state index in [1.165, 1.54) is 7.11 Å². The topological polar surface area (TPSA) is 65.0 Å². The number of benzene rings is 1. The smallest absolute Gasteiger partial charge is 0.338 e. The van der Waals surface area contributed by atoms with Gasteiger partial charge in [0.1, 0.15) is 0 Å². The van der Waals surface area contributed by atoms with E-state index >= 15 is 0 Å². The summed E-state index contributed by atoms with van der Waals surface area (Å²) >= 11 is 0. The molecule has 1 aromatic carbocycles. The van der Waals surface area contributed by atoms with Crippen molar-refractivity contribution >= 4 is 5.97 Å². The highest BCUT2D eigenvalue weighted by atomic mass is 16.7. The SMILES string of the molecule is CO[C@@H]1O[C@@H](CO)C[C@H]1OC(=O)c1ccccc1. The van der Waals surface area contributed by atoms with Crippen LogP contribution in [0.2, 0.25) is 0 Å². The average Bonchev–Trinajstić information content (AvgIpc) is 2.82. The highest BCUT2D eigenvalue weighted by Gasteiger charge is 2.37. The molecule has 0 aromatic heterocycles. The Labute approximate surface area is 105 Å². The Balaban J connectivity index is 1.98. The van der Waals surface area contributed by atoms with E-state index in [1.807, 2.05) is 6.07 Å². The fourth-order valence-electron chi connectivity index (χ4n) is 1.91. The zero-order valence-electron chi connectivity index (χ0n) is 10.1. The van der Waals surface area contributed by atoms with Gasteiger partial charge in [0.25, 0.3) is 0 Å². The van der Waals surface area contributed by atoms with Gasteiger partial charge in [-0.1, -0.05) is 18.2 Å². The number of methoxy groups -OCH3 is 1. The molecule has 5 heteroatoms. The lowest BCUT2D eigenvalue weighted by atomic mass is 10.2. The van der Waals surface area contributed by atoms with Gasteiger partial charge in [-0.25, -0.2) is 4.79 Å². The van der Waals surface area contributed by atoms with Crippen molar-refractivity contribution in [2.75, 3.05) is 13.7 Å². The molecule has 1 heterocycles. The largest absolute Gasteiger partial charge is 0.453 e. The summed E-state index contributed by atoms with van der Waals surface area (Å²) in [7, 11) is 1.48. The van der Waals surface area contributed by atoms with Crippen molar-refractivity contribution in [2.45, 2.75) is 24.9 Å². The van der Waals surface area contributed by atoms with Gasteiger partial charge < -0.3 is 19.3 Å². The van der Waals surface area contributed by atoms with E-state index in [0.29, 0.717) is 12.0 Å². The molecule has 0 amide bonds. The molecule has 1 aliphatic rings. The number of aliphatic hydroxyl groups is 1. The summed E-state index contributed by atoms with van der Waals surface area (Å²) in [6.07, 6.45) is -1.01. The van der Waals surface area contributed by atoms with Gasteiger partial charge in [-0.05, 0) is 12.1 Å². The van der Waals surface area contributed by atoms with Gasteiger partial charge in [-0.3, -0.25) is 0 Å². The number of rotatable bonds is 4. The summed E-state index contributed by atoms with van der Waals surface area (Å²) < 4.78 is 15.8. The van der Waals surface area contributed by atoms with Gasteiger partial charge in [0.2, 0.25) is 0 Å². The van der Waals surface area contributed by atoms with Crippen LogP contribution in [0.3, 0.4) is 0 Å². The van der Waals surface area contributed by atoms with Crippen LogP contribution in [0.1, 0.15) is 16.8 Å². The monoisotopic (exact) mass is 252 g/mol. The van der Waals surface area contributed by atoms with Crippen molar-refractivity contribution in [1.29, 1.82) is 0 Å². The second-order valence-corrected chi connectivity index (χ2v) is 4.09. The second kappa shape index (κ2) is 5.95. The number of ether oxygens (including phenoxy) is 3. The standard InChI is InChI=1S/C13H16O5/c1-16-13-11(7-10(8-14)17-13)18-12(15)9-5-3-2-4-6-9/h2-6,10-11,13-14H,7-8H2,1H3/t10-,11-,13-/m1/s1. The van der Waals surface area contributed by atoms with Crippen LogP contribution in [0.25, 0.3) is 0 Å². The summed E-state index contributed by atoms with van der Waals surface area (Å²) in [5.41, 5.74) is 0.486. The van der Waals surface area contributed by atoms with Crippen LogP contribution in [0.5, 0.6) is 0 Å². The van der Waals surface area contributed by atoms with Crippen LogP contribution in [0.15, 0.2) is 30.3 Å². The van der Waals surface area contributed by atoms with Crippen LogP contribution in [-0.4, -0.2) is 43.3 Å². The molecule has 5 nitrogen and oxygen atoms in total. The molecular formula is C13H16O5. The zero-order chi connectivity index (χ0) is 13.0. The van der Waals surface area contributed by atoms with Gasteiger partial charge in [0, 0.05) is 13.5 Å². The molecule has 0 bridgehead atoms. The van der Waals surface area contributed by atoms with E-state index in [9.17, 15) is 4.79 Å². The van der Waals surface area contributed by atoms with Crippen LogP contribution < -0.4 is 0 Å².